The summed E-state index contributed by atoms with van der Waals surface area (Å²) in [5.74, 6) is 1.77. The van der Waals surface area contributed by atoms with Gasteiger partial charge in [-0.15, -0.1) is 0 Å². The first-order chi connectivity index (χ1) is 13.1. The molecule has 1 N–H and O–H groups in total. The lowest BCUT2D eigenvalue weighted by atomic mass is 10.1. The molecule has 0 atom stereocenters. The molecule has 0 radical (unpaired) electrons. The van der Waals surface area contributed by atoms with Crippen LogP contribution in [0.25, 0.3) is 0 Å². The molecular weight excluding hydrogens is 340 g/mol. The summed E-state index contributed by atoms with van der Waals surface area (Å²) in [6.45, 7) is 3.15. The third kappa shape index (κ3) is 4.22. The van der Waals surface area contributed by atoms with Crippen molar-refractivity contribution in [3.8, 4) is 0 Å². The molecule has 140 valence electrons. The summed E-state index contributed by atoms with van der Waals surface area (Å²) in [6.07, 6.45) is 5.95. The number of benzene rings is 1. The molecule has 1 aliphatic carbocycles. The molecule has 27 heavy (non-hydrogen) atoms. The van der Waals surface area contributed by atoms with Crippen LogP contribution in [0.1, 0.15) is 40.3 Å². The number of amides is 1. The fraction of sp³-hybridized carbons (Fsp3) is 0.333. The fourth-order valence-electron chi connectivity index (χ4n) is 3.15. The third-order valence-electron chi connectivity index (χ3n) is 4.76. The number of rotatable bonds is 7. The van der Waals surface area contributed by atoms with Gasteiger partial charge in [-0.05, 0) is 56.2 Å². The zero-order valence-electron chi connectivity index (χ0n) is 15.7. The van der Waals surface area contributed by atoms with E-state index in [1.807, 2.05) is 67.7 Å². The van der Waals surface area contributed by atoms with Gasteiger partial charge in [-0.3, -0.25) is 9.48 Å². The normalized spacial score (nSPS) is 13.6. The van der Waals surface area contributed by atoms with Crippen molar-refractivity contribution < 1.29 is 9.21 Å². The first-order valence-electron chi connectivity index (χ1n) is 9.26. The van der Waals surface area contributed by atoms with E-state index in [4.69, 9.17) is 4.42 Å². The van der Waals surface area contributed by atoms with E-state index in [2.05, 4.69) is 10.4 Å². The predicted octanol–water partition coefficient (Wildman–Crippen LogP) is 3.74. The molecule has 6 nitrogen and oxygen atoms in total. The number of carbonyl (C=O) groups excluding carboxylic acids is 1. The summed E-state index contributed by atoms with van der Waals surface area (Å²) in [7, 11) is 1.90. The molecule has 0 unspecified atom stereocenters. The quantitative estimate of drug-likeness (QED) is 0.694. The highest BCUT2D eigenvalue weighted by molar-refractivity contribution is 5.95. The van der Waals surface area contributed by atoms with Crippen LogP contribution in [-0.2, 0) is 20.1 Å². The largest absolute Gasteiger partial charge is 0.464 e. The molecule has 3 aromatic rings. The van der Waals surface area contributed by atoms with E-state index in [1.54, 1.807) is 4.68 Å². The highest BCUT2D eigenvalue weighted by atomic mass is 16.3. The van der Waals surface area contributed by atoms with Gasteiger partial charge >= 0.3 is 0 Å². The van der Waals surface area contributed by atoms with E-state index in [1.165, 1.54) is 0 Å². The van der Waals surface area contributed by atoms with Crippen molar-refractivity contribution in [1.82, 2.24) is 14.7 Å². The van der Waals surface area contributed by atoms with E-state index in [9.17, 15) is 4.79 Å². The molecule has 6 heteroatoms. The van der Waals surface area contributed by atoms with Crippen LogP contribution in [-0.4, -0.2) is 26.6 Å². The molecule has 0 spiro atoms. The number of hydrogen-bond acceptors (Lipinski definition) is 4. The second kappa shape index (κ2) is 7.31. The van der Waals surface area contributed by atoms with Crippen LogP contribution in [0.3, 0.4) is 0 Å². The van der Waals surface area contributed by atoms with Crippen LogP contribution in [0.4, 0.5) is 5.69 Å². The second-order valence-corrected chi connectivity index (χ2v) is 7.13. The van der Waals surface area contributed by atoms with E-state index in [0.29, 0.717) is 24.7 Å². The van der Waals surface area contributed by atoms with Crippen molar-refractivity contribution in [2.24, 2.45) is 7.05 Å². The van der Waals surface area contributed by atoms with Crippen molar-refractivity contribution in [3.05, 3.63) is 71.4 Å². The number of carbonyl (C=O) groups is 1. The zero-order valence-corrected chi connectivity index (χ0v) is 15.7. The summed E-state index contributed by atoms with van der Waals surface area (Å²) in [6, 6.07) is 11.9. The summed E-state index contributed by atoms with van der Waals surface area (Å²) in [4.78, 5) is 14.9. The number of nitrogens with one attached hydrogen (secondary N) is 1. The fourth-order valence-corrected chi connectivity index (χ4v) is 3.15. The summed E-state index contributed by atoms with van der Waals surface area (Å²) in [5.41, 5.74) is 2.80. The maximum atomic E-state index is 13.0. The second-order valence-electron chi connectivity index (χ2n) is 7.13. The Labute approximate surface area is 158 Å². The Morgan fingerprint density at radius 2 is 2.04 bits per heavy atom. The van der Waals surface area contributed by atoms with E-state index >= 15 is 0 Å². The lowest BCUT2D eigenvalue weighted by Crippen LogP contribution is -2.32. The van der Waals surface area contributed by atoms with Crippen LogP contribution < -0.4 is 5.32 Å². The number of anilines is 1. The molecular formula is C21H24N4O2. The Hall–Kier alpha value is -3.02. The van der Waals surface area contributed by atoms with Gasteiger partial charge in [0.1, 0.15) is 11.5 Å². The van der Waals surface area contributed by atoms with Crippen LogP contribution in [0, 0.1) is 6.92 Å². The Bertz CT molecular complexity index is 922. The predicted molar refractivity (Wildman–Crippen MR) is 103 cm³/mol. The molecule has 1 fully saturated rings. The molecule has 1 saturated carbocycles. The lowest BCUT2D eigenvalue weighted by molar-refractivity contribution is 0.0717. The van der Waals surface area contributed by atoms with Crippen molar-refractivity contribution in [3.63, 3.8) is 0 Å². The molecule has 1 aromatic carbocycles. The van der Waals surface area contributed by atoms with Crippen LogP contribution in [0.15, 0.2) is 53.2 Å². The topological polar surface area (TPSA) is 63.3 Å². The number of furan rings is 1. The standard InChI is InChI=1S/C21H24N4O2/c1-15-3-10-20(27-15)14-25(19-8-9-19)21(26)17-4-6-18(7-5-17)22-11-16-12-23-24(2)13-16/h3-7,10,12-13,19,22H,8-9,11,14H2,1-2H3. The molecule has 0 bridgehead atoms. The van der Waals surface area contributed by atoms with Gasteiger partial charge in [0.15, 0.2) is 0 Å². The minimum Gasteiger partial charge on any atom is -0.464 e. The van der Waals surface area contributed by atoms with Gasteiger partial charge in [0.25, 0.3) is 5.91 Å². The monoisotopic (exact) mass is 364 g/mol. The molecule has 2 aromatic heterocycles. The molecule has 0 aliphatic heterocycles. The van der Waals surface area contributed by atoms with Crippen molar-refractivity contribution >= 4 is 11.6 Å². The zero-order chi connectivity index (χ0) is 18.8. The van der Waals surface area contributed by atoms with E-state index < -0.39 is 0 Å². The first-order valence-corrected chi connectivity index (χ1v) is 9.26. The summed E-state index contributed by atoms with van der Waals surface area (Å²) in [5, 5.41) is 7.52. The lowest BCUT2D eigenvalue weighted by Gasteiger charge is -2.21. The van der Waals surface area contributed by atoms with Crippen molar-refractivity contribution in [2.75, 3.05) is 5.32 Å². The molecule has 0 saturated heterocycles. The highest BCUT2D eigenvalue weighted by Crippen LogP contribution is 2.30. The van der Waals surface area contributed by atoms with Gasteiger partial charge in [-0.1, -0.05) is 0 Å². The smallest absolute Gasteiger partial charge is 0.254 e. The molecule has 1 aliphatic rings. The number of hydrogen-bond donors (Lipinski definition) is 1. The molecule has 2 heterocycles. The minimum absolute atomic E-state index is 0.0605. The summed E-state index contributed by atoms with van der Waals surface area (Å²) >= 11 is 0. The van der Waals surface area contributed by atoms with Crippen molar-refractivity contribution in [2.45, 2.75) is 38.9 Å². The van der Waals surface area contributed by atoms with Crippen LogP contribution in [0.5, 0.6) is 0 Å². The van der Waals surface area contributed by atoms with Gasteiger partial charge in [0.2, 0.25) is 0 Å². The SMILES string of the molecule is Cc1ccc(CN(C(=O)c2ccc(NCc3cnn(C)c3)cc2)C2CC2)o1. The van der Waals surface area contributed by atoms with Gasteiger partial charge in [-0.25, -0.2) is 0 Å². The molecule has 4 rings (SSSR count). The van der Waals surface area contributed by atoms with Gasteiger partial charge in [0, 0.05) is 42.6 Å². The van der Waals surface area contributed by atoms with Gasteiger partial charge < -0.3 is 14.6 Å². The number of aromatic nitrogens is 2. The summed E-state index contributed by atoms with van der Waals surface area (Å²) < 4.78 is 7.45. The highest BCUT2D eigenvalue weighted by Gasteiger charge is 2.33. The van der Waals surface area contributed by atoms with E-state index in [-0.39, 0.29) is 5.91 Å². The molecule has 1 amide bonds. The average Bonchev–Trinajstić information content (AvgIpc) is 3.30. The van der Waals surface area contributed by atoms with Gasteiger partial charge in [-0.2, -0.15) is 5.10 Å². The van der Waals surface area contributed by atoms with E-state index in [0.717, 1.165) is 35.6 Å². The van der Waals surface area contributed by atoms with Crippen LogP contribution >= 0.6 is 0 Å². The number of aryl methyl sites for hydroxylation is 2. The van der Waals surface area contributed by atoms with Crippen LogP contribution in [0.2, 0.25) is 0 Å². The maximum absolute atomic E-state index is 13.0. The first kappa shape index (κ1) is 17.4. The number of nitrogens with zero attached hydrogens (tertiary/aromatic N) is 3. The Kier molecular flexibility index (Phi) is 4.71. The Morgan fingerprint density at radius 1 is 1.26 bits per heavy atom. The maximum Gasteiger partial charge on any atom is 0.254 e. The van der Waals surface area contributed by atoms with Crippen molar-refractivity contribution in [1.29, 1.82) is 0 Å². The average molecular weight is 364 g/mol. The Morgan fingerprint density at radius 3 is 2.63 bits per heavy atom. The Balaban J connectivity index is 1.41. The minimum atomic E-state index is 0.0605. The third-order valence-corrected chi connectivity index (χ3v) is 4.76. The van der Waals surface area contributed by atoms with Gasteiger partial charge in [0.05, 0.1) is 12.7 Å².